The normalized spacial score (nSPS) is 14.7. The van der Waals surface area contributed by atoms with Crippen LogP contribution in [-0.2, 0) is 17.6 Å². The predicted octanol–water partition coefficient (Wildman–Crippen LogP) is 4.50. The first-order valence-corrected chi connectivity index (χ1v) is 9.66. The van der Waals surface area contributed by atoms with E-state index in [1.165, 1.54) is 18.4 Å². The van der Waals surface area contributed by atoms with E-state index in [1.54, 1.807) is 12.3 Å². The summed E-state index contributed by atoms with van der Waals surface area (Å²) in [6.07, 6.45) is 7.07. The van der Waals surface area contributed by atoms with Crippen LogP contribution in [0, 0.1) is 0 Å². The molecule has 3 aromatic rings. The third kappa shape index (κ3) is 3.56. The number of anilines is 1. The van der Waals surface area contributed by atoms with Gasteiger partial charge in [-0.1, -0.05) is 6.92 Å². The molecule has 0 fully saturated rings. The van der Waals surface area contributed by atoms with Gasteiger partial charge in [-0.3, -0.25) is 4.79 Å². The van der Waals surface area contributed by atoms with E-state index in [1.807, 2.05) is 22.9 Å². The predicted molar refractivity (Wildman–Crippen MR) is 104 cm³/mol. The summed E-state index contributed by atoms with van der Waals surface area (Å²) in [6, 6.07) is 7.80. The summed E-state index contributed by atoms with van der Waals surface area (Å²) in [4.78, 5) is 12.3. The van der Waals surface area contributed by atoms with Gasteiger partial charge in [-0.25, -0.2) is 4.68 Å². The average Bonchev–Trinajstić information content (AvgIpc) is 3.29. The summed E-state index contributed by atoms with van der Waals surface area (Å²) < 4.78 is 13.5. The number of amides is 1. The van der Waals surface area contributed by atoms with Gasteiger partial charge < -0.3 is 14.5 Å². The molecule has 6 nitrogen and oxygen atoms in total. The summed E-state index contributed by atoms with van der Waals surface area (Å²) >= 11 is 0. The molecule has 1 amide bonds. The lowest BCUT2D eigenvalue weighted by atomic mass is 9.96. The molecule has 1 unspecified atom stereocenters. The number of aryl methyl sites for hydroxylation is 2. The van der Waals surface area contributed by atoms with Gasteiger partial charge in [-0.15, -0.1) is 0 Å². The molecule has 1 N–H and O–H groups in total. The second-order valence-electron chi connectivity index (χ2n) is 7.12. The first-order valence-electron chi connectivity index (χ1n) is 9.66. The van der Waals surface area contributed by atoms with Crippen molar-refractivity contribution in [3.05, 3.63) is 41.8 Å². The fraction of sp³-hybridized carbons (Fsp3) is 0.429. The van der Waals surface area contributed by atoms with E-state index in [-0.39, 0.29) is 18.6 Å². The Hall–Kier alpha value is -2.76. The van der Waals surface area contributed by atoms with Crippen LogP contribution in [0.2, 0.25) is 0 Å². The van der Waals surface area contributed by atoms with E-state index >= 15 is 0 Å². The van der Waals surface area contributed by atoms with Crippen LogP contribution in [0.4, 0.5) is 5.82 Å². The molecular formula is C21H25N3O3. The number of hydrogen-bond donors (Lipinski definition) is 1. The van der Waals surface area contributed by atoms with Crippen LogP contribution in [0.5, 0.6) is 5.75 Å². The minimum Gasteiger partial charge on any atom is -0.484 e. The Bertz CT molecular complexity index is 957. The van der Waals surface area contributed by atoms with Gasteiger partial charge in [-0.2, -0.15) is 5.10 Å². The van der Waals surface area contributed by atoms with Gasteiger partial charge in [0.2, 0.25) is 0 Å². The molecule has 0 aliphatic heterocycles. The van der Waals surface area contributed by atoms with Gasteiger partial charge in [-0.05, 0) is 50.8 Å². The number of nitrogens with zero attached hydrogens (tertiary/aromatic N) is 2. The average molecular weight is 367 g/mol. The van der Waals surface area contributed by atoms with Gasteiger partial charge in [0.15, 0.2) is 6.61 Å². The van der Waals surface area contributed by atoms with Crippen molar-refractivity contribution in [1.29, 1.82) is 0 Å². The second kappa shape index (κ2) is 7.47. The Labute approximate surface area is 158 Å². The highest BCUT2D eigenvalue weighted by Crippen LogP contribution is 2.33. The van der Waals surface area contributed by atoms with Gasteiger partial charge in [0.05, 0.1) is 12.2 Å². The number of benzene rings is 1. The Morgan fingerprint density at radius 2 is 2.19 bits per heavy atom. The maximum Gasteiger partial charge on any atom is 0.263 e. The third-order valence-electron chi connectivity index (χ3n) is 5.24. The monoisotopic (exact) mass is 367 g/mol. The lowest BCUT2D eigenvalue weighted by molar-refractivity contribution is -0.118. The van der Waals surface area contributed by atoms with Gasteiger partial charge in [0.25, 0.3) is 5.91 Å². The van der Waals surface area contributed by atoms with Crippen molar-refractivity contribution in [3.63, 3.8) is 0 Å². The molecule has 6 heteroatoms. The maximum absolute atomic E-state index is 12.3. The highest BCUT2D eigenvalue weighted by molar-refractivity contribution is 5.91. The second-order valence-corrected chi connectivity index (χ2v) is 7.12. The maximum atomic E-state index is 12.3. The highest BCUT2D eigenvalue weighted by atomic mass is 16.5. The molecule has 1 atom stereocenters. The molecule has 2 heterocycles. The van der Waals surface area contributed by atoms with Crippen LogP contribution in [-0.4, -0.2) is 22.3 Å². The molecule has 0 spiro atoms. The number of hydrogen-bond acceptors (Lipinski definition) is 4. The first kappa shape index (κ1) is 17.6. The van der Waals surface area contributed by atoms with Crippen molar-refractivity contribution in [2.75, 3.05) is 11.9 Å². The number of fused-ring (bicyclic) bond motifs is 3. The molecule has 27 heavy (non-hydrogen) atoms. The highest BCUT2D eigenvalue weighted by Gasteiger charge is 2.18. The molecule has 0 radical (unpaired) electrons. The molecule has 0 saturated carbocycles. The minimum absolute atomic E-state index is 0.0444. The number of aromatic nitrogens is 2. The number of ether oxygens (including phenoxy) is 1. The number of nitrogens with one attached hydrogen (secondary N) is 1. The van der Waals surface area contributed by atoms with Crippen molar-refractivity contribution in [2.24, 2.45) is 0 Å². The zero-order valence-electron chi connectivity index (χ0n) is 15.8. The van der Waals surface area contributed by atoms with Crippen LogP contribution in [0.3, 0.4) is 0 Å². The zero-order chi connectivity index (χ0) is 18.8. The number of carbonyl (C=O) groups is 1. The summed E-state index contributed by atoms with van der Waals surface area (Å²) in [5.74, 6) is 2.28. The zero-order valence-corrected chi connectivity index (χ0v) is 15.8. The number of carbonyl (C=O) groups excluding carboxylic acids is 1. The van der Waals surface area contributed by atoms with E-state index < -0.39 is 0 Å². The van der Waals surface area contributed by atoms with Crippen LogP contribution in [0.25, 0.3) is 11.0 Å². The Morgan fingerprint density at radius 1 is 1.33 bits per heavy atom. The standard InChI is InChI=1S/C21H25N3O3/c1-3-14(2)24-20(10-11-22-24)23-21(25)13-26-15-8-9-19-17(12-15)16-6-4-5-7-18(16)27-19/h8-12,14H,3-7,13H2,1-2H3,(H,23,25). The van der Waals surface area contributed by atoms with Crippen LogP contribution >= 0.6 is 0 Å². The fourth-order valence-electron chi connectivity index (χ4n) is 3.60. The molecule has 1 aromatic carbocycles. The Balaban J connectivity index is 1.43. The third-order valence-corrected chi connectivity index (χ3v) is 5.24. The van der Waals surface area contributed by atoms with Gasteiger partial charge in [0.1, 0.15) is 22.9 Å². The molecule has 1 aliphatic carbocycles. The Kier molecular flexibility index (Phi) is 4.88. The molecule has 1 aliphatic rings. The SMILES string of the molecule is CCC(C)n1nccc1NC(=O)COc1ccc2oc3c(c2c1)CCCC3. The molecule has 2 aromatic heterocycles. The summed E-state index contributed by atoms with van der Waals surface area (Å²) in [5.41, 5.74) is 2.19. The molecule has 4 rings (SSSR count). The summed E-state index contributed by atoms with van der Waals surface area (Å²) in [6.45, 7) is 4.11. The lowest BCUT2D eigenvalue weighted by Crippen LogP contribution is -2.22. The molecule has 142 valence electrons. The van der Waals surface area contributed by atoms with Crippen molar-refractivity contribution in [1.82, 2.24) is 9.78 Å². The molecule has 0 bridgehead atoms. The van der Waals surface area contributed by atoms with Crippen molar-refractivity contribution < 1.29 is 13.9 Å². The van der Waals surface area contributed by atoms with E-state index in [2.05, 4.69) is 24.3 Å². The van der Waals surface area contributed by atoms with Crippen molar-refractivity contribution in [2.45, 2.75) is 52.0 Å². The Morgan fingerprint density at radius 3 is 3.04 bits per heavy atom. The van der Waals surface area contributed by atoms with Gasteiger partial charge >= 0.3 is 0 Å². The molecular weight excluding hydrogens is 342 g/mol. The van der Waals surface area contributed by atoms with Crippen molar-refractivity contribution in [3.8, 4) is 5.75 Å². The van der Waals surface area contributed by atoms with E-state index in [4.69, 9.17) is 9.15 Å². The van der Waals surface area contributed by atoms with E-state index in [0.29, 0.717) is 11.6 Å². The van der Waals surface area contributed by atoms with Gasteiger partial charge in [0, 0.05) is 23.4 Å². The van der Waals surface area contributed by atoms with Crippen LogP contribution < -0.4 is 10.1 Å². The smallest absolute Gasteiger partial charge is 0.263 e. The van der Waals surface area contributed by atoms with Crippen LogP contribution in [0.15, 0.2) is 34.9 Å². The largest absolute Gasteiger partial charge is 0.484 e. The van der Waals surface area contributed by atoms with Crippen molar-refractivity contribution >= 4 is 22.7 Å². The van der Waals surface area contributed by atoms with E-state index in [9.17, 15) is 4.79 Å². The minimum atomic E-state index is -0.200. The quantitative estimate of drug-likeness (QED) is 0.696. The topological polar surface area (TPSA) is 69.3 Å². The fourth-order valence-corrected chi connectivity index (χ4v) is 3.60. The summed E-state index contributed by atoms with van der Waals surface area (Å²) in [5, 5.41) is 8.26. The van der Waals surface area contributed by atoms with Crippen LogP contribution in [0.1, 0.15) is 50.5 Å². The lowest BCUT2D eigenvalue weighted by Gasteiger charge is -2.14. The number of furan rings is 1. The summed E-state index contributed by atoms with van der Waals surface area (Å²) in [7, 11) is 0. The molecule has 0 saturated heterocycles. The first-order chi connectivity index (χ1) is 13.2. The van der Waals surface area contributed by atoms with E-state index in [0.717, 1.165) is 36.0 Å². The number of rotatable bonds is 6.